The van der Waals surface area contributed by atoms with Gasteiger partial charge in [0.2, 0.25) is 0 Å². The van der Waals surface area contributed by atoms with Gasteiger partial charge in [-0.05, 0) is 41.8 Å². The summed E-state index contributed by atoms with van der Waals surface area (Å²) in [7, 11) is 1.96. The van der Waals surface area contributed by atoms with Gasteiger partial charge < -0.3 is 15.5 Å². The van der Waals surface area contributed by atoms with E-state index >= 15 is 0 Å². The molecule has 1 heterocycles. The molecule has 2 aromatic carbocycles. The van der Waals surface area contributed by atoms with E-state index < -0.39 is 23.7 Å². The standard InChI is InChI=1S/C19H20F3N3O/c1-3-11-5-7-16-17(25(2)10-24-16)14(11)9-23-19(26)12-4-6-13(18(21)22)15(20)8-12/h4-8,18,24H,3,9-10H2,1-2H3,(H,23,26). The monoisotopic (exact) mass is 363 g/mol. The number of hydrogen-bond acceptors (Lipinski definition) is 3. The minimum atomic E-state index is -2.91. The van der Waals surface area contributed by atoms with E-state index in [0.717, 1.165) is 41.1 Å². The fourth-order valence-corrected chi connectivity index (χ4v) is 3.18. The van der Waals surface area contributed by atoms with Gasteiger partial charge in [-0.1, -0.05) is 13.0 Å². The van der Waals surface area contributed by atoms with Gasteiger partial charge in [0.05, 0.1) is 23.6 Å². The molecule has 7 heteroatoms. The summed E-state index contributed by atoms with van der Waals surface area (Å²) >= 11 is 0. The number of aryl methyl sites for hydroxylation is 1. The van der Waals surface area contributed by atoms with Crippen molar-refractivity contribution in [1.82, 2.24) is 5.32 Å². The Morgan fingerprint density at radius 1 is 1.31 bits per heavy atom. The smallest absolute Gasteiger partial charge is 0.266 e. The number of amides is 1. The molecule has 0 atom stereocenters. The van der Waals surface area contributed by atoms with Crippen LogP contribution in [0.3, 0.4) is 0 Å². The Bertz CT molecular complexity index is 839. The summed E-state index contributed by atoms with van der Waals surface area (Å²) < 4.78 is 39.0. The molecule has 1 aliphatic heterocycles. The lowest BCUT2D eigenvalue weighted by Crippen LogP contribution is -2.25. The Morgan fingerprint density at radius 3 is 2.73 bits per heavy atom. The van der Waals surface area contributed by atoms with Crippen molar-refractivity contribution in [2.45, 2.75) is 26.3 Å². The second-order valence-corrected chi connectivity index (χ2v) is 6.21. The molecule has 0 fully saturated rings. The normalized spacial score (nSPS) is 12.9. The van der Waals surface area contributed by atoms with Crippen LogP contribution in [0.2, 0.25) is 0 Å². The maximum absolute atomic E-state index is 13.7. The summed E-state index contributed by atoms with van der Waals surface area (Å²) in [5, 5.41) is 6.05. The number of carbonyl (C=O) groups is 1. The Hall–Kier alpha value is -2.70. The van der Waals surface area contributed by atoms with Crippen LogP contribution >= 0.6 is 0 Å². The number of halogens is 3. The predicted octanol–water partition coefficient (Wildman–Crippen LogP) is 4.07. The highest BCUT2D eigenvalue weighted by Gasteiger charge is 2.22. The van der Waals surface area contributed by atoms with Gasteiger partial charge in [-0.25, -0.2) is 13.2 Å². The number of fused-ring (bicyclic) bond motifs is 1. The molecule has 3 rings (SSSR count). The van der Waals surface area contributed by atoms with Gasteiger partial charge in [-0.2, -0.15) is 0 Å². The number of nitrogens with zero attached hydrogens (tertiary/aromatic N) is 1. The minimum Gasteiger partial charge on any atom is -0.366 e. The lowest BCUT2D eigenvalue weighted by Gasteiger charge is -2.19. The third kappa shape index (κ3) is 3.34. The van der Waals surface area contributed by atoms with Crippen molar-refractivity contribution in [2.75, 3.05) is 23.9 Å². The first-order valence-corrected chi connectivity index (χ1v) is 8.38. The van der Waals surface area contributed by atoms with E-state index in [4.69, 9.17) is 0 Å². The summed E-state index contributed by atoms with van der Waals surface area (Å²) in [5.41, 5.74) is 3.45. The maximum atomic E-state index is 13.7. The van der Waals surface area contributed by atoms with Gasteiger partial charge >= 0.3 is 0 Å². The largest absolute Gasteiger partial charge is 0.366 e. The molecule has 0 aromatic heterocycles. The Morgan fingerprint density at radius 2 is 2.08 bits per heavy atom. The van der Waals surface area contributed by atoms with Gasteiger partial charge in [0.25, 0.3) is 12.3 Å². The average molecular weight is 363 g/mol. The van der Waals surface area contributed by atoms with Crippen molar-refractivity contribution in [3.8, 4) is 0 Å². The van der Waals surface area contributed by atoms with E-state index in [0.29, 0.717) is 6.67 Å². The molecule has 0 spiro atoms. The highest BCUT2D eigenvalue weighted by atomic mass is 19.3. The fourth-order valence-electron chi connectivity index (χ4n) is 3.18. The fraction of sp³-hybridized carbons (Fsp3) is 0.316. The van der Waals surface area contributed by atoms with Crippen LogP contribution in [0.4, 0.5) is 24.5 Å². The van der Waals surface area contributed by atoms with Crippen LogP contribution in [0.15, 0.2) is 30.3 Å². The average Bonchev–Trinajstić information content (AvgIpc) is 3.00. The quantitative estimate of drug-likeness (QED) is 0.842. The molecule has 0 radical (unpaired) electrons. The molecule has 0 aliphatic carbocycles. The van der Waals surface area contributed by atoms with Gasteiger partial charge in [-0.3, -0.25) is 4.79 Å². The third-order valence-corrected chi connectivity index (χ3v) is 4.57. The molecule has 1 amide bonds. The van der Waals surface area contributed by atoms with E-state index in [9.17, 15) is 18.0 Å². The molecule has 1 aliphatic rings. The second-order valence-electron chi connectivity index (χ2n) is 6.21. The predicted molar refractivity (Wildman–Crippen MR) is 95.2 cm³/mol. The molecular weight excluding hydrogens is 343 g/mol. The second kappa shape index (κ2) is 7.27. The molecule has 2 N–H and O–H groups in total. The number of carbonyl (C=O) groups excluding carboxylic acids is 1. The van der Waals surface area contributed by atoms with E-state index in [2.05, 4.69) is 15.5 Å². The SMILES string of the molecule is CCc1ccc2c(c1CNC(=O)c1ccc(C(F)F)c(F)c1)N(C)CN2. The molecule has 138 valence electrons. The van der Waals surface area contributed by atoms with E-state index in [1.165, 1.54) is 6.07 Å². The summed E-state index contributed by atoms with van der Waals surface area (Å²) in [5.74, 6) is -1.58. The first-order chi connectivity index (χ1) is 12.4. The highest BCUT2D eigenvalue weighted by Crippen LogP contribution is 2.36. The Balaban J connectivity index is 1.80. The number of nitrogens with one attached hydrogen (secondary N) is 2. The summed E-state index contributed by atoms with van der Waals surface area (Å²) in [4.78, 5) is 14.4. The minimum absolute atomic E-state index is 0.0176. The number of rotatable bonds is 5. The molecule has 0 unspecified atom stereocenters. The summed E-state index contributed by atoms with van der Waals surface area (Å²) in [6.45, 7) is 2.99. The van der Waals surface area contributed by atoms with Crippen molar-refractivity contribution < 1.29 is 18.0 Å². The molecule has 0 saturated heterocycles. The number of benzene rings is 2. The Kier molecular flexibility index (Phi) is 5.06. The van der Waals surface area contributed by atoms with Crippen molar-refractivity contribution in [3.05, 3.63) is 58.4 Å². The van der Waals surface area contributed by atoms with Crippen LogP contribution in [0, 0.1) is 5.82 Å². The van der Waals surface area contributed by atoms with Crippen molar-refractivity contribution >= 4 is 17.3 Å². The zero-order valence-corrected chi connectivity index (χ0v) is 14.6. The lowest BCUT2D eigenvalue weighted by atomic mass is 10.0. The zero-order valence-electron chi connectivity index (χ0n) is 14.6. The van der Waals surface area contributed by atoms with Crippen LogP contribution in [-0.2, 0) is 13.0 Å². The molecular formula is C19H20F3N3O. The van der Waals surface area contributed by atoms with Crippen molar-refractivity contribution in [1.29, 1.82) is 0 Å². The highest BCUT2D eigenvalue weighted by molar-refractivity contribution is 5.94. The summed E-state index contributed by atoms with van der Waals surface area (Å²) in [6.07, 6.45) is -2.10. The van der Waals surface area contributed by atoms with Crippen LogP contribution in [0.25, 0.3) is 0 Å². The maximum Gasteiger partial charge on any atom is 0.266 e. The van der Waals surface area contributed by atoms with Crippen LogP contribution < -0.4 is 15.5 Å². The first kappa shape index (κ1) is 18.1. The van der Waals surface area contributed by atoms with E-state index in [1.54, 1.807) is 0 Å². The number of alkyl halides is 2. The van der Waals surface area contributed by atoms with Gasteiger partial charge in [0, 0.05) is 19.2 Å². The summed E-state index contributed by atoms with van der Waals surface area (Å²) in [6, 6.07) is 7.04. The van der Waals surface area contributed by atoms with Gasteiger partial charge in [0.15, 0.2) is 0 Å². The van der Waals surface area contributed by atoms with Crippen molar-refractivity contribution in [3.63, 3.8) is 0 Å². The molecule has 0 saturated carbocycles. The van der Waals surface area contributed by atoms with Crippen molar-refractivity contribution in [2.24, 2.45) is 0 Å². The van der Waals surface area contributed by atoms with Crippen LogP contribution in [-0.4, -0.2) is 19.6 Å². The van der Waals surface area contributed by atoms with E-state index in [1.807, 2.05) is 26.1 Å². The number of hydrogen-bond donors (Lipinski definition) is 2. The Labute approximate surface area is 150 Å². The van der Waals surface area contributed by atoms with Crippen LogP contribution in [0.5, 0.6) is 0 Å². The topological polar surface area (TPSA) is 44.4 Å². The molecule has 2 aromatic rings. The molecule has 26 heavy (non-hydrogen) atoms. The first-order valence-electron chi connectivity index (χ1n) is 8.38. The third-order valence-electron chi connectivity index (χ3n) is 4.57. The van der Waals surface area contributed by atoms with E-state index in [-0.39, 0.29) is 12.1 Å². The van der Waals surface area contributed by atoms with Gasteiger partial charge in [0.1, 0.15) is 5.82 Å². The number of anilines is 2. The molecule has 0 bridgehead atoms. The lowest BCUT2D eigenvalue weighted by molar-refractivity contribution is 0.0949. The molecule has 4 nitrogen and oxygen atoms in total. The zero-order chi connectivity index (χ0) is 18.8. The van der Waals surface area contributed by atoms with Gasteiger partial charge in [-0.15, -0.1) is 0 Å². The van der Waals surface area contributed by atoms with Crippen LogP contribution in [0.1, 0.15) is 40.4 Å².